The van der Waals surface area contributed by atoms with Gasteiger partial charge in [0.15, 0.2) is 0 Å². The molecule has 1 aromatic carbocycles. The molecule has 1 fully saturated rings. The summed E-state index contributed by atoms with van der Waals surface area (Å²) >= 11 is 1.01. The maximum Gasteiger partial charge on any atom is 0.499 e. The smallest absolute Gasteiger partial charge is 0.423 e. The van der Waals surface area contributed by atoms with Crippen LogP contribution < -0.4 is 4.78 Å². The van der Waals surface area contributed by atoms with Crippen LogP contribution in [0.5, 0.6) is 0 Å². The van der Waals surface area contributed by atoms with Gasteiger partial charge in [0, 0.05) is 4.78 Å². The lowest BCUT2D eigenvalue weighted by Crippen LogP contribution is -2.26. The normalized spacial score (nSPS) is 17.4. The molecule has 0 saturated heterocycles. The van der Waals surface area contributed by atoms with E-state index in [-0.39, 0.29) is 27.4 Å². The lowest BCUT2D eigenvalue weighted by Gasteiger charge is -2.24. The van der Waals surface area contributed by atoms with E-state index in [0.717, 1.165) is 36.3 Å². The molecule has 1 aliphatic rings. The molecule has 1 aliphatic carbocycles. The van der Waals surface area contributed by atoms with Crippen molar-refractivity contribution in [1.29, 1.82) is 0 Å². The van der Waals surface area contributed by atoms with Crippen LogP contribution in [0.2, 0.25) is 0 Å². The summed E-state index contributed by atoms with van der Waals surface area (Å²) in [5, 5.41) is 30.1. The van der Waals surface area contributed by atoms with E-state index in [9.17, 15) is 13.9 Å². The second kappa shape index (κ2) is 5.42. The Kier molecular flexibility index (Phi) is 3.85. The SMILES string of the molecule is CC(O)(c1cc(F)c(-c2csc(B(O)O)c2)c(F)c1)C1CC1. The van der Waals surface area contributed by atoms with E-state index in [1.165, 1.54) is 11.4 Å². The molecule has 3 nitrogen and oxygen atoms in total. The molecule has 0 aliphatic heterocycles. The van der Waals surface area contributed by atoms with Crippen LogP contribution in [0.4, 0.5) is 8.78 Å². The summed E-state index contributed by atoms with van der Waals surface area (Å²) in [7, 11) is -1.67. The minimum atomic E-state index is -1.67. The van der Waals surface area contributed by atoms with E-state index in [1.807, 2.05) is 0 Å². The quantitative estimate of drug-likeness (QED) is 0.754. The molecular weight excluding hydrogens is 309 g/mol. The molecule has 7 heteroatoms. The van der Waals surface area contributed by atoms with Gasteiger partial charge in [-0.15, -0.1) is 0 Å². The molecular formula is C15H15BF2O3S. The van der Waals surface area contributed by atoms with Crippen LogP contribution in [-0.2, 0) is 5.60 Å². The third-order valence-electron chi connectivity index (χ3n) is 4.16. The predicted octanol–water partition coefficient (Wildman–Crippen LogP) is 1.99. The summed E-state index contributed by atoms with van der Waals surface area (Å²) in [5.74, 6) is -1.50. The van der Waals surface area contributed by atoms with Crippen molar-refractivity contribution in [2.45, 2.75) is 25.4 Å². The van der Waals surface area contributed by atoms with Gasteiger partial charge in [0.1, 0.15) is 11.6 Å². The van der Waals surface area contributed by atoms with Crippen molar-refractivity contribution in [2.75, 3.05) is 0 Å². The van der Waals surface area contributed by atoms with Gasteiger partial charge in [-0.2, -0.15) is 11.3 Å². The summed E-state index contributed by atoms with van der Waals surface area (Å²) in [6, 6.07) is 3.66. The van der Waals surface area contributed by atoms with Gasteiger partial charge in [-0.1, -0.05) is 0 Å². The Morgan fingerprint density at radius 2 is 1.77 bits per heavy atom. The number of rotatable bonds is 4. The third kappa shape index (κ3) is 2.69. The van der Waals surface area contributed by atoms with Crippen molar-refractivity contribution in [3.05, 3.63) is 40.8 Å². The Balaban J connectivity index is 2.02. The van der Waals surface area contributed by atoms with Crippen molar-refractivity contribution in [1.82, 2.24) is 0 Å². The highest BCUT2D eigenvalue weighted by Crippen LogP contribution is 2.46. The van der Waals surface area contributed by atoms with E-state index in [2.05, 4.69) is 0 Å². The molecule has 2 aromatic rings. The first-order valence-electron chi connectivity index (χ1n) is 6.97. The molecule has 1 atom stereocenters. The van der Waals surface area contributed by atoms with Gasteiger partial charge in [-0.05, 0) is 60.4 Å². The van der Waals surface area contributed by atoms with Crippen molar-refractivity contribution in [3.8, 4) is 11.1 Å². The van der Waals surface area contributed by atoms with Crippen LogP contribution in [0, 0.1) is 17.6 Å². The largest absolute Gasteiger partial charge is 0.499 e. The van der Waals surface area contributed by atoms with Gasteiger partial charge in [0.2, 0.25) is 0 Å². The Bertz CT molecular complexity index is 688. The summed E-state index contributed by atoms with van der Waals surface area (Å²) < 4.78 is 28.9. The minimum absolute atomic E-state index is 0.0365. The zero-order valence-electron chi connectivity index (χ0n) is 11.9. The zero-order chi connectivity index (χ0) is 16.1. The molecule has 116 valence electrons. The molecule has 1 heterocycles. The monoisotopic (exact) mass is 324 g/mol. The van der Waals surface area contributed by atoms with Crippen LogP contribution in [0.3, 0.4) is 0 Å². The number of hydrogen-bond donors (Lipinski definition) is 3. The Hall–Kier alpha value is -1.28. The topological polar surface area (TPSA) is 60.7 Å². The van der Waals surface area contributed by atoms with E-state index in [0.29, 0.717) is 0 Å². The average molecular weight is 324 g/mol. The second-order valence-corrected chi connectivity index (χ2v) is 6.79. The lowest BCUT2D eigenvalue weighted by atomic mass is 9.87. The highest BCUT2D eigenvalue weighted by molar-refractivity contribution is 7.20. The zero-order valence-corrected chi connectivity index (χ0v) is 12.7. The van der Waals surface area contributed by atoms with Crippen LogP contribution in [0.1, 0.15) is 25.3 Å². The third-order valence-corrected chi connectivity index (χ3v) is 5.13. The van der Waals surface area contributed by atoms with Crippen molar-refractivity contribution in [2.24, 2.45) is 5.92 Å². The Morgan fingerprint density at radius 3 is 2.23 bits per heavy atom. The maximum absolute atomic E-state index is 14.3. The van der Waals surface area contributed by atoms with Gasteiger partial charge in [0.05, 0.1) is 11.2 Å². The first kappa shape index (κ1) is 15.6. The molecule has 0 radical (unpaired) electrons. The lowest BCUT2D eigenvalue weighted by molar-refractivity contribution is 0.0325. The van der Waals surface area contributed by atoms with E-state index in [1.54, 1.807) is 6.92 Å². The summed E-state index contributed by atoms with van der Waals surface area (Å²) in [5.41, 5.74) is -0.980. The Morgan fingerprint density at radius 1 is 1.18 bits per heavy atom. The second-order valence-electron chi connectivity index (χ2n) is 5.85. The summed E-state index contributed by atoms with van der Waals surface area (Å²) in [6.45, 7) is 1.57. The Labute approximate surface area is 131 Å². The van der Waals surface area contributed by atoms with Crippen molar-refractivity contribution >= 4 is 23.2 Å². The van der Waals surface area contributed by atoms with Gasteiger partial charge in [0.25, 0.3) is 0 Å². The van der Waals surface area contributed by atoms with Gasteiger partial charge in [-0.25, -0.2) is 8.78 Å². The molecule has 0 bridgehead atoms. The minimum Gasteiger partial charge on any atom is -0.423 e. The average Bonchev–Trinajstić information content (AvgIpc) is 3.18. The molecule has 1 unspecified atom stereocenters. The summed E-state index contributed by atoms with van der Waals surface area (Å²) in [4.78, 5) is 0. The summed E-state index contributed by atoms with van der Waals surface area (Å²) in [6.07, 6.45) is 1.69. The van der Waals surface area contributed by atoms with Crippen LogP contribution >= 0.6 is 11.3 Å². The molecule has 1 aromatic heterocycles. The molecule has 22 heavy (non-hydrogen) atoms. The molecule has 0 spiro atoms. The fourth-order valence-electron chi connectivity index (χ4n) is 2.64. The molecule has 0 amide bonds. The first-order valence-corrected chi connectivity index (χ1v) is 7.85. The van der Waals surface area contributed by atoms with Crippen molar-refractivity contribution < 1.29 is 23.9 Å². The van der Waals surface area contributed by atoms with Crippen molar-refractivity contribution in [3.63, 3.8) is 0 Å². The number of thiophene rings is 1. The fraction of sp³-hybridized carbons (Fsp3) is 0.333. The number of halogens is 2. The van der Waals surface area contributed by atoms with Gasteiger partial charge >= 0.3 is 7.12 Å². The molecule has 1 saturated carbocycles. The van der Waals surface area contributed by atoms with Crippen LogP contribution in [-0.4, -0.2) is 22.3 Å². The highest BCUT2D eigenvalue weighted by atomic mass is 32.1. The van der Waals surface area contributed by atoms with Gasteiger partial charge < -0.3 is 15.2 Å². The first-order chi connectivity index (χ1) is 10.3. The van der Waals surface area contributed by atoms with Crippen LogP contribution in [0.15, 0.2) is 23.6 Å². The standard InChI is InChI=1S/C15H15BF2O3S/c1-15(19,9-2-3-9)10-5-11(17)14(12(18)6-10)8-4-13(16(20)21)22-7-8/h4-7,9,19-21H,2-3H2,1H3. The number of aliphatic hydroxyl groups is 1. The van der Waals surface area contributed by atoms with E-state index in [4.69, 9.17) is 10.0 Å². The molecule has 3 N–H and O–H groups in total. The van der Waals surface area contributed by atoms with E-state index < -0.39 is 24.4 Å². The van der Waals surface area contributed by atoms with E-state index >= 15 is 0 Å². The predicted molar refractivity (Wildman–Crippen MR) is 81.8 cm³/mol. The highest BCUT2D eigenvalue weighted by Gasteiger charge is 2.42. The fourth-order valence-corrected chi connectivity index (χ4v) is 3.41. The number of hydrogen-bond acceptors (Lipinski definition) is 4. The van der Waals surface area contributed by atoms with Gasteiger partial charge in [-0.3, -0.25) is 0 Å². The maximum atomic E-state index is 14.3. The molecule has 3 rings (SSSR count). The van der Waals surface area contributed by atoms with Crippen LogP contribution in [0.25, 0.3) is 11.1 Å². The number of benzene rings is 1.